The molecule has 0 spiro atoms. The second kappa shape index (κ2) is 10.5. The van der Waals surface area contributed by atoms with E-state index in [2.05, 4.69) is 22.4 Å². The number of nitrogens with one attached hydrogen (secondary N) is 1. The molecule has 0 fully saturated rings. The number of aryl methyl sites for hydroxylation is 2. The summed E-state index contributed by atoms with van der Waals surface area (Å²) >= 11 is 7.27. The van der Waals surface area contributed by atoms with E-state index in [1.54, 1.807) is 12.1 Å². The number of carbonyl (C=O) groups excluding carboxylic acids is 1. The first kappa shape index (κ1) is 22.2. The molecule has 3 aromatic rings. The number of hydrogen-bond donors (Lipinski definition) is 1. The number of rotatable bonds is 9. The number of aromatic nitrogens is 3. The van der Waals surface area contributed by atoms with Crippen molar-refractivity contribution in [1.82, 2.24) is 14.8 Å². The van der Waals surface area contributed by atoms with E-state index in [4.69, 9.17) is 16.3 Å². The zero-order valence-electron chi connectivity index (χ0n) is 17.3. The number of amides is 1. The van der Waals surface area contributed by atoms with Crippen molar-refractivity contribution in [2.75, 3.05) is 11.1 Å². The molecule has 1 amide bonds. The first-order valence-corrected chi connectivity index (χ1v) is 11.2. The number of hydrogen-bond acceptors (Lipinski definition) is 5. The van der Waals surface area contributed by atoms with Gasteiger partial charge in [-0.2, -0.15) is 0 Å². The number of nitrogens with zero attached hydrogens (tertiary/aromatic N) is 3. The molecule has 0 aliphatic carbocycles. The minimum absolute atomic E-state index is 0.0615. The number of ether oxygens (including phenoxy) is 1. The lowest BCUT2D eigenvalue weighted by Gasteiger charge is -2.13. The molecule has 1 heterocycles. The van der Waals surface area contributed by atoms with Crippen LogP contribution in [0.4, 0.5) is 5.69 Å². The van der Waals surface area contributed by atoms with Crippen LogP contribution in [0.25, 0.3) is 0 Å². The van der Waals surface area contributed by atoms with Crippen LogP contribution in [0.3, 0.4) is 0 Å². The Morgan fingerprint density at radius 2 is 1.93 bits per heavy atom. The quantitative estimate of drug-likeness (QED) is 0.463. The summed E-state index contributed by atoms with van der Waals surface area (Å²) < 4.78 is 7.73. The van der Waals surface area contributed by atoms with Gasteiger partial charge in [0, 0.05) is 17.3 Å². The van der Waals surface area contributed by atoms with E-state index in [1.165, 1.54) is 11.8 Å². The zero-order valence-corrected chi connectivity index (χ0v) is 18.9. The Morgan fingerprint density at radius 1 is 1.17 bits per heavy atom. The van der Waals surface area contributed by atoms with Gasteiger partial charge >= 0.3 is 0 Å². The zero-order chi connectivity index (χ0) is 21.5. The van der Waals surface area contributed by atoms with E-state index in [-0.39, 0.29) is 18.3 Å². The minimum atomic E-state index is -0.0615. The van der Waals surface area contributed by atoms with Crippen molar-refractivity contribution in [3.8, 4) is 5.75 Å². The molecule has 0 aliphatic rings. The van der Waals surface area contributed by atoms with Crippen LogP contribution >= 0.6 is 23.4 Å². The molecule has 0 unspecified atom stereocenters. The predicted molar refractivity (Wildman–Crippen MR) is 121 cm³/mol. The van der Waals surface area contributed by atoms with Crippen LogP contribution in [0.15, 0.2) is 47.6 Å². The fourth-order valence-electron chi connectivity index (χ4n) is 3.04. The molecule has 3 rings (SSSR count). The number of para-hydroxylation sites is 1. The van der Waals surface area contributed by atoms with Crippen LogP contribution in [-0.4, -0.2) is 26.4 Å². The molecule has 0 saturated carbocycles. The second-order valence-corrected chi connectivity index (χ2v) is 8.06. The van der Waals surface area contributed by atoms with Gasteiger partial charge in [-0.15, -0.1) is 10.2 Å². The molecule has 2 aromatic carbocycles. The van der Waals surface area contributed by atoms with E-state index >= 15 is 0 Å². The standard InChI is InChI=1S/C22H25ClN4O2S/c1-4-16-8-6-7-15(3)21(16)24-20(28)14-30-22-26-25-19(27(22)5-2)13-29-18-11-9-17(23)10-12-18/h6-12H,4-5,13-14H2,1-3H3,(H,24,28). The average Bonchev–Trinajstić information content (AvgIpc) is 3.15. The van der Waals surface area contributed by atoms with Crippen molar-refractivity contribution in [3.05, 3.63) is 64.4 Å². The third-order valence-electron chi connectivity index (χ3n) is 4.63. The van der Waals surface area contributed by atoms with Crippen LogP contribution in [0.5, 0.6) is 5.75 Å². The second-order valence-electron chi connectivity index (χ2n) is 6.69. The maximum atomic E-state index is 12.5. The van der Waals surface area contributed by atoms with Gasteiger partial charge in [0.1, 0.15) is 12.4 Å². The van der Waals surface area contributed by atoms with Crippen LogP contribution in [0.1, 0.15) is 30.8 Å². The summed E-state index contributed by atoms with van der Waals surface area (Å²) in [6.45, 7) is 7.08. The average molecular weight is 445 g/mol. The molecular weight excluding hydrogens is 420 g/mol. The van der Waals surface area contributed by atoms with Gasteiger partial charge in [0.05, 0.1) is 5.75 Å². The number of halogens is 1. The molecule has 0 saturated heterocycles. The lowest BCUT2D eigenvalue weighted by Crippen LogP contribution is -2.17. The van der Waals surface area contributed by atoms with Crippen LogP contribution in [0.2, 0.25) is 5.02 Å². The summed E-state index contributed by atoms with van der Waals surface area (Å²) in [5.41, 5.74) is 3.09. The van der Waals surface area contributed by atoms with Crippen LogP contribution < -0.4 is 10.1 Å². The summed E-state index contributed by atoms with van der Waals surface area (Å²) in [5.74, 6) is 1.62. The summed E-state index contributed by atoms with van der Waals surface area (Å²) in [6, 6.07) is 13.2. The van der Waals surface area contributed by atoms with Crippen molar-refractivity contribution in [1.29, 1.82) is 0 Å². The Labute approximate surface area is 186 Å². The first-order chi connectivity index (χ1) is 14.5. The van der Waals surface area contributed by atoms with Crippen molar-refractivity contribution in [2.24, 2.45) is 0 Å². The third kappa shape index (κ3) is 5.55. The molecule has 8 heteroatoms. The van der Waals surface area contributed by atoms with Crippen molar-refractivity contribution < 1.29 is 9.53 Å². The maximum Gasteiger partial charge on any atom is 0.234 e. The highest BCUT2D eigenvalue weighted by atomic mass is 35.5. The van der Waals surface area contributed by atoms with Crippen molar-refractivity contribution in [2.45, 2.75) is 45.5 Å². The number of thioether (sulfide) groups is 1. The van der Waals surface area contributed by atoms with Gasteiger partial charge in [-0.3, -0.25) is 4.79 Å². The fourth-order valence-corrected chi connectivity index (χ4v) is 3.98. The van der Waals surface area contributed by atoms with Gasteiger partial charge < -0.3 is 14.6 Å². The molecule has 30 heavy (non-hydrogen) atoms. The highest BCUT2D eigenvalue weighted by Crippen LogP contribution is 2.23. The third-order valence-corrected chi connectivity index (χ3v) is 5.85. The summed E-state index contributed by atoms with van der Waals surface area (Å²) in [6.07, 6.45) is 0.867. The lowest BCUT2D eigenvalue weighted by atomic mass is 10.1. The molecular formula is C22H25ClN4O2S. The Morgan fingerprint density at radius 3 is 2.63 bits per heavy atom. The lowest BCUT2D eigenvalue weighted by molar-refractivity contribution is -0.113. The van der Waals surface area contributed by atoms with E-state index < -0.39 is 0 Å². The Kier molecular flexibility index (Phi) is 7.76. The molecule has 0 aliphatic heterocycles. The summed E-state index contributed by atoms with van der Waals surface area (Å²) in [7, 11) is 0. The van der Waals surface area contributed by atoms with Gasteiger partial charge in [0.25, 0.3) is 0 Å². The van der Waals surface area contributed by atoms with Crippen molar-refractivity contribution >= 4 is 35.0 Å². The molecule has 0 radical (unpaired) electrons. The Hall–Kier alpha value is -2.51. The SMILES string of the molecule is CCc1cccc(C)c1NC(=O)CSc1nnc(COc2ccc(Cl)cc2)n1CC. The first-order valence-electron chi connectivity index (χ1n) is 9.83. The van der Waals surface area contributed by atoms with Gasteiger partial charge in [-0.05, 0) is 55.7 Å². The van der Waals surface area contributed by atoms with E-state index in [9.17, 15) is 4.79 Å². The normalized spacial score (nSPS) is 10.8. The van der Waals surface area contributed by atoms with Crippen molar-refractivity contribution in [3.63, 3.8) is 0 Å². The molecule has 1 N–H and O–H groups in total. The minimum Gasteiger partial charge on any atom is -0.486 e. The van der Waals surface area contributed by atoms with E-state index in [0.29, 0.717) is 28.3 Å². The number of benzene rings is 2. The summed E-state index contributed by atoms with van der Waals surface area (Å²) in [5, 5.41) is 12.9. The topological polar surface area (TPSA) is 69.0 Å². The molecule has 0 atom stereocenters. The largest absolute Gasteiger partial charge is 0.486 e. The fraction of sp³-hybridized carbons (Fsp3) is 0.318. The van der Waals surface area contributed by atoms with E-state index in [0.717, 1.165) is 23.2 Å². The highest BCUT2D eigenvalue weighted by Gasteiger charge is 2.15. The molecule has 6 nitrogen and oxygen atoms in total. The molecule has 0 bridgehead atoms. The van der Waals surface area contributed by atoms with E-state index in [1.807, 2.05) is 48.7 Å². The monoisotopic (exact) mass is 444 g/mol. The van der Waals surface area contributed by atoms with Crippen LogP contribution in [0, 0.1) is 6.92 Å². The molecule has 158 valence electrons. The smallest absolute Gasteiger partial charge is 0.234 e. The maximum absolute atomic E-state index is 12.5. The van der Waals surface area contributed by atoms with Gasteiger partial charge in [-0.1, -0.05) is 48.5 Å². The highest BCUT2D eigenvalue weighted by molar-refractivity contribution is 7.99. The summed E-state index contributed by atoms with van der Waals surface area (Å²) in [4.78, 5) is 12.5. The number of anilines is 1. The predicted octanol–water partition coefficient (Wildman–Crippen LogP) is 5.13. The molecule has 1 aromatic heterocycles. The van der Waals surface area contributed by atoms with Crippen LogP contribution in [-0.2, 0) is 24.4 Å². The van der Waals surface area contributed by atoms with Gasteiger partial charge in [-0.25, -0.2) is 0 Å². The van der Waals surface area contributed by atoms with Gasteiger partial charge in [0.2, 0.25) is 5.91 Å². The van der Waals surface area contributed by atoms with Gasteiger partial charge in [0.15, 0.2) is 11.0 Å². The Balaban J connectivity index is 1.60. The Bertz CT molecular complexity index is 1000. The number of carbonyl (C=O) groups is 1.